The summed E-state index contributed by atoms with van der Waals surface area (Å²) in [5.41, 5.74) is 5.71. The van der Waals surface area contributed by atoms with Crippen LogP contribution in [-0.4, -0.2) is 13.1 Å². The predicted molar refractivity (Wildman–Crippen MR) is 142 cm³/mol. The fourth-order valence-electron chi connectivity index (χ4n) is 2.27. The molecule has 0 atom stereocenters. The summed E-state index contributed by atoms with van der Waals surface area (Å²) >= 11 is 0. The van der Waals surface area contributed by atoms with Gasteiger partial charge < -0.3 is 5.32 Å². The lowest BCUT2D eigenvalue weighted by Crippen LogP contribution is -2.09. The van der Waals surface area contributed by atoms with Crippen LogP contribution in [0.1, 0.15) is 93.5 Å². The molecule has 0 aliphatic heterocycles. The topological polar surface area (TPSA) is 12.0 Å². The van der Waals surface area contributed by atoms with E-state index in [1.807, 2.05) is 0 Å². The minimum Gasteiger partial charge on any atom is -0.317 e. The highest BCUT2D eigenvalue weighted by atomic mass is 14.8. The SMILES string of the molecule is C.C.C.C.CCNCC.CCc1ccc(CC)cc1.CCc1ccc(CC)cc1. The average Bonchev–Trinajstić information content (AvgIpc) is 2.69. The van der Waals surface area contributed by atoms with Crippen molar-refractivity contribution in [2.75, 3.05) is 13.1 Å². The van der Waals surface area contributed by atoms with Gasteiger partial charge in [-0.25, -0.2) is 0 Å². The van der Waals surface area contributed by atoms with Crippen LogP contribution in [0.3, 0.4) is 0 Å². The molecular weight excluding hydrogens is 350 g/mol. The van der Waals surface area contributed by atoms with Crippen LogP contribution in [0.5, 0.6) is 0 Å². The molecule has 2 aromatic rings. The number of aryl methyl sites for hydroxylation is 4. The smallest absolute Gasteiger partial charge is 0.00775 e. The Kier molecular flexibility index (Phi) is 34.6. The molecule has 2 rings (SSSR count). The van der Waals surface area contributed by atoms with E-state index in [0.29, 0.717) is 0 Å². The molecule has 0 aromatic heterocycles. The molecule has 0 saturated heterocycles. The second kappa shape index (κ2) is 26.4. The lowest BCUT2D eigenvalue weighted by atomic mass is 10.1. The minimum atomic E-state index is 0. The van der Waals surface area contributed by atoms with Crippen LogP contribution in [-0.2, 0) is 25.7 Å². The number of rotatable bonds is 6. The summed E-state index contributed by atoms with van der Waals surface area (Å²) in [4.78, 5) is 0. The summed E-state index contributed by atoms with van der Waals surface area (Å²) in [6, 6.07) is 17.7. The van der Waals surface area contributed by atoms with Crippen molar-refractivity contribution in [1.29, 1.82) is 0 Å². The zero-order valence-electron chi connectivity index (χ0n) is 17.4. The van der Waals surface area contributed by atoms with Gasteiger partial charge in [-0.05, 0) is 61.0 Å². The maximum Gasteiger partial charge on any atom is -0.00775 e. The molecule has 0 fully saturated rings. The molecule has 0 unspecified atom stereocenters. The molecule has 0 bridgehead atoms. The van der Waals surface area contributed by atoms with Crippen molar-refractivity contribution in [1.82, 2.24) is 5.32 Å². The fourth-order valence-corrected chi connectivity index (χ4v) is 2.27. The van der Waals surface area contributed by atoms with Gasteiger partial charge in [0.1, 0.15) is 0 Å². The first kappa shape index (κ1) is 38.1. The Morgan fingerprint density at radius 1 is 0.414 bits per heavy atom. The van der Waals surface area contributed by atoms with Crippen LogP contribution < -0.4 is 5.32 Å². The quantitative estimate of drug-likeness (QED) is 0.506. The van der Waals surface area contributed by atoms with Crippen molar-refractivity contribution >= 4 is 0 Å². The van der Waals surface area contributed by atoms with E-state index in [0.717, 1.165) is 38.8 Å². The van der Waals surface area contributed by atoms with Crippen LogP contribution >= 0.6 is 0 Å². The zero-order chi connectivity index (χ0) is 18.9. The van der Waals surface area contributed by atoms with Gasteiger partial charge in [-0.3, -0.25) is 0 Å². The summed E-state index contributed by atoms with van der Waals surface area (Å²) in [7, 11) is 0. The summed E-state index contributed by atoms with van der Waals surface area (Å²) in [5.74, 6) is 0. The molecule has 0 heterocycles. The summed E-state index contributed by atoms with van der Waals surface area (Å²) in [6.45, 7) is 15.1. The first-order valence-corrected chi connectivity index (χ1v) is 10.0. The number of hydrogen-bond donors (Lipinski definition) is 1. The average molecular weight is 406 g/mol. The number of nitrogens with one attached hydrogen (secondary N) is 1. The van der Waals surface area contributed by atoms with Gasteiger partial charge in [0.25, 0.3) is 0 Å². The van der Waals surface area contributed by atoms with Gasteiger partial charge in [0.15, 0.2) is 0 Å². The third kappa shape index (κ3) is 19.5. The monoisotopic (exact) mass is 405 g/mol. The highest BCUT2D eigenvalue weighted by Crippen LogP contribution is 2.05. The van der Waals surface area contributed by atoms with Gasteiger partial charge in [0.05, 0.1) is 0 Å². The summed E-state index contributed by atoms with van der Waals surface area (Å²) < 4.78 is 0. The van der Waals surface area contributed by atoms with Crippen LogP contribution in [0.2, 0.25) is 0 Å². The molecule has 1 nitrogen and oxygen atoms in total. The summed E-state index contributed by atoms with van der Waals surface area (Å²) in [5, 5.41) is 3.11. The lowest BCUT2D eigenvalue weighted by Gasteiger charge is -1.97. The Balaban J connectivity index is -0.0000000975. The van der Waals surface area contributed by atoms with Crippen molar-refractivity contribution in [2.45, 2.75) is 96.9 Å². The van der Waals surface area contributed by atoms with Crippen LogP contribution in [0, 0.1) is 0 Å². The molecule has 0 spiro atoms. The van der Waals surface area contributed by atoms with Gasteiger partial charge in [-0.1, -0.05) is 120 Å². The number of benzene rings is 2. The second-order valence-electron chi connectivity index (χ2n) is 6.00. The number of hydrogen-bond acceptors (Lipinski definition) is 1. The molecule has 0 radical (unpaired) electrons. The Hall–Kier alpha value is -1.60. The highest BCUT2D eigenvalue weighted by Gasteiger charge is 1.89. The van der Waals surface area contributed by atoms with Crippen LogP contribution in [0.4, 0.5) is 0 Å². The van der Waals surface area contributed by atoms with Gasteiger partial charge in [-0.2, -0.15) is 0 Å². The van der Waals surface area contributed by atoms with Gasteiger partial charge in [0, 0.05) is 0 Å². The molecule has 0 aliphatic carbocycles. The van der Waals surface area contributed by atoms with E-state index in [4.69, 9.17) is 0 Å². The third-order valence-corrected chi connectivity index (χ3v) is 4.18. The Labute approximate surface area is 186 Å². The first-order chi connectivity index (χ1) is 12.1. The molecule has 1 N–H and O–H groups in total. The fraction of sp³-hybridized carbons (Fsp3) is 0.571. The highest BCUT2D eigenvalue weighted by molar-refractivity contribution is 5.22. The lowest BCUT2D eigenvalue weighted by molar-refractivity contribution is 0.762. The Morgan fingerprint density at radius 2 is 0.586 bits per heavy atom. The van der Waals surface area contributed by atoms with Crippen molar-refractivity contribution < 1.29 is 0 Å². The van der Waals surface area contributed by atoms with Crippen molar-refractivity contribution in [3.63, 3.8) is 0 Å². The van der Waals surface area contributed by atoms with Crippen molar-refractivity contribution in [3.8, 4) is 0 Å². The molecule has 172 valence electrons. The normalized spacial score (nSPS) is 8.21. The first-order valence-electron chi connectivity index (χ1n) is 10.0. The molecule has 0 aliphatic rings. The Morgan fingerprint density at radius 3 is 0.655 bits per heavy atom. The molecular formula is C28H55N. The summed E-state index contributed by atoms with van der Waals surface area (Å²) in [6.07, 6.45) is 4.57. The van der Waals surface area contributed by atoms with E-state index >= 15 is 0 Å². The van der Waals surface area contributed by atoms with E-state index in [-0.39, 0.29) is 29.7 Å². The third-order valence-electron chi connectivity index (χ3n) is 4.18. The van der Waals surface area contributed by atoms with E-state index in [9.17, 15) is 0 Å². The van der Waals surface area contributed by atoms with Crippen molar-refractivity contribution in [3.05, 3.63) is 70.8 Å². The standard InChI is InChI=1S/2C10H14.C4H11N.4CH4/c2*1-3-9-5-7-10(4-2)8-6-9;1-3-5-4-2;;;;/h2*5-8H,3-4H2,1-2H3;5H,3-4H2,1-2H3;4*1H4. The van der Waals surface area contributed by atoms with E-state index in [2.05, 4.69) is 95.4 Å². The van der Waals surface area contributed by atoms with Gasteiger partial charge in [-0.15, -0.1) is 0 Å². The maximum absolute atomic E-state index is 3.11. The Bertz CT molecular complexity index is 416. The largest absolute Gasteiger partial charge is 0.317 e. The van der Waals surface area contributed by atoms with Crippen LogP contribution in [0.15, 0.2) is 48.5 Å². The predicted octanol–water partition coefficient (Wildman–Crippen LogP) is 8.78. The van der Waals surface area contributed by atoms with Crippen LogP contribution in [0.25, 0.3) is 0 Å². The van der Waals surface area contributed by atoms with E-state index in [1.54, 1.807) is 0 Å². The maximum atomic E-state index is 3.11. The molecule has 2 aromatic carbocycles. The minimum absolute atomic E-state index is 0. The molecule has 0 saturated carbocycles. The second-order valence-corrected chi connectivity index (χ2v) is 6.00. The van der Waals surface area contributed by atoms with Crippen molar-refractivity contribution in [2.24, 2.45) is 0 Å². The van der Waals surface area contributed by atoms with Gasteiger partial charge in [0.2, 0.25) is 0 Å². The van der Waals surface area contributed by atoms with Gasteiger partial charge >= 0.3 is 0 Å². The molecule has 29 heavy (non-hydrogen) atoms. The molecule has 0 amide bonds. The van der Waals surface area contributed by atoms with E-state index < -0.39 is 0 Å². The zero-order valence-corrected chi connectivity index (χ0v) is 17.4. The molecule has 1 heteroatoms. The van der Waals surface area contributed by atoms with E-state index in [1.165, 1.54) is 22.3 Å².